The standard InChI is InChI=1S/C13H18N4O2/c1-8-5-10(8)7-17(2)13(18)11-4-3-9(6-15-11)12(14)16-19/h3-4,6,8,10,19H,5,7H2,1-2H3,(H2,14,16). The third-order valence-electron chi connectivity index (χ3n) is 3.52. The van der Waals surface area contributed by atoms with Crippen molar-refractivity contribution in [1.82, 2.24) is 9.88 Å². The van der Waals surface area contributed by atoms with E-state index < -0.39 is 0 Å². The Morgan fingerprint density at radius 2 is 2.32 bits per heavy atom. The third kappa shape index (κ3) is 3.01. The van der Waals surface area contributed by atoms with Gasteiger partial charge in [-0.25, -0.2) is 0 Å². The number of carbonyl (C=O) groups excluding carboxylic acids is 1. The zero-order valence-electron chi connectivity index (χ0n) is 11.1. The van der Waals surface area contributed by atoms with Gasteiger partial charge in [0.05, 0.1) is 0 Å². The van der Waals surface area contributed by atoms with Crippen LogP contribution in [0.25, 0.3) is 0 Å². The van der Waals surface area contributed by atoms with E-state index in [1.165, 1.54) is 12.6 Å². The van der Waals surface area contributed by atoms with Crippen molar-refractivity contribution in [3.63, 3.8) is 0 Å². The van der Waals surface area contributed by atoms with Crippen LogP contribution >= 0.6 is 0 Å². The first-order valence-corrected chi connectivity index (χ1v) is 6.22. The number of carbonyl (C=O) groups is 1. The molecule has 1 aromatic rings. The van der Waals surface area contributed by atoms with Crippen molar-refractivity contribution >= 4 is 11.7 Å². The Morgan fingerprint density at radius 1 is 1.63 bits per heavy atom. The summed E-state index contributed by atoms with van der Waals surface area (Å²) in [5.74, 6) is 1.20. The Bertz CT molecular complexity index is 498. The summed E-state index contributed by atoms with van der Waals surface area (Å²) in [6.07, 6.45) is 2.61. The van der Waals surface area contributed by atoms with Crippen LogP contribution in [0.2, 0.25) is 0 Å². The monoisotopic (exact) mass is 262 g/mol. The molecule has 0 aromatic carbocycles. The van der Waals surface area contributed by atoms with Gasteiger partial charge in [-0.3, -0.25) is 9.78 Å². The van der Waals surface area contributed by atoms with Crippen molar-refractivity contribution < 1.29 is 10.0 Å². The van der Waals surface area contributed by atoms with Crippen LogP contribution in [0.5, 0.6) is 0 Å². The van der Waals surface area contributed by atoms with Crippen molar-refractivity contribution in [3.05, 3.63) is 29.6 Å². The molecule has 3 N–H and O–H groups in total. The smallest absolute Gasteiger partial charge is 0.272 e. The maximum absolute atomic E-state index is 12.1. The molecule has 1 aromatic heterocycles. The Balaban J connectivity index is 2.02. The van der Waals surface area contributed by atoms with E-state index in [4.69, 9.17) is 10.9 Å². The van der Waals surface area contributed by atoms with E-state index >= 15 is 0 Å². The fraction of sp³-hybridized carbons (Fsp3) is 0.462. The summed E-state index contributed by atoms with van der Waals surface area (Å²) in [5, 5.41) is 11.4. The summed E-state index contributed by atoms with van der Waals surface area (Å²) in [7, 11) is 1.78. The van der Waals surface area contributed by atoms with Gasteiger partial charge in [-0.15, -0.1) is 0 Å². The molecule has 0 aliphatic heterocycles. The summed E-state index contributed by atoms with van der Waals surface area (Å²) < 4.78 is 0. The minimum absolute atomic E-state index is 0.0216. The summed E-state index contributed by atoms with van der Waals surface area (Å²) in [6, 6.07) is 3.20. The molecule has 19 heavy (non-hydrogen) atoms. The van der Waals surface area contributed by atoms with Gasteiger partial charge in [0.2, 0.25) is 0 Å². The SMILES string of the molecule is CC1CC1CN(C)C(=O)c1ccc(C(N)=NO)cn1. The Labute approximate surface area is 111 Å². The molecule has 2 atom stereocenters. The quantitative estimate of drug-likeness (QED) is 0.365. The van der Waals surface area contributed by atoms with Gasteiger partial charge in [0.1, 0.15) is 5.69 Å². The molecule has 102 valence electrons. The number of oxime groups is 1. The van der Waals surface area contributed by atoms with Crippen molar-refractivity contribution in [2.75, 3.05) is 13.6 Å². The highest BCUT2D eigenvalue weighted by atomic mass is 16.4. The first-order valence-electron chi connectivity index (χ1n) is 6.22. The van der Waals surface area contributed by atoms with Crippen LogP contribution in [-0.2, 0) is 0 Å². The summed E-state index contributed by atoms with van der Waals surface area (Å²) in [5.41, 5.74) is 6.28. The van der Waals surface area contributed by atoms with Crippen molar-refractivity contribution in [1.29, 1.82) is 0 Å². The molecule has 2 rings (SSSR count). The number of pyridine rings is 1. The number of nitrogens with two attached hydrogens (primary N) is 1. The number of aromatic nitrogens is 1. The lowest BCUT2D eigenvalue weighted by molar-refractivity contribution is 0.0781. The highest BCUT2D eigenvalue weighted by Gasteiger charge is 2.34. The van der Waals surface area contributed by atoms with Crippen LogP contribution in [0, 0.1) is 11.8 Å². The van der Waals surface area contributed by atoms with Gasteiger partial charge >= 0.3 is 0 Å². The molecule has 0 saturated heterocycles. The fourth-order valence-electron chi connectivity index (χ4n) is 2.01. The van der Waals surface area contributed by atoms with Crippen molar-refractivity contribution in [2.24, 2.45) is 22.7 Å². The van der Waals surface area contributed by atoms with E-state index in [1.54, 1.807) is 24.1 Å². The number of amidine groups is 1. The molecule has 1 fully saturated rings. The molecule has 1 amide bonds. The average molecular weight is 262 g/mol. The third-order valence-corrected chi connectivity index (χ3v) is 3.52. The number of hydrogen-bond donors (Lipinski definition) is 2. The van der Waals surface area contributed by atoms with Gasteiger partial charge in [0.25, 0.3) is 5.91 Å². The average Bonchev–Trinajstić information content (AvgIpc) is 3.12. The van der Waals surface area contributed by atoms with Gasteiger partial charge in [0.15, 0.2) is 5.84 Å². The Kier molecular flexibility index (Phi) is 3.69. The normalized spacial score (nSPS) is 22.1. The van der Waals surface area contributed by atoms with Gasteiger partial charge in [-0.1, -0.05) is 12.1 Å². The minimum atomic E-state index is -0.106. The number of hydrogen-bond acceptors (Lipinski definition) is 4. The maximum Gasteiger partial charge on any atom is 0.272 e. The second-order valence-corrected chi connectivity index (χ2v) is 5.08. The van der Waals surface area contributed by atoms with E-state index in [0.717, 1.165) is 6.54 Å². The van der Waals surface area contributed by atoms with E-state index in [0.29, 0.717) is 23.1 Å². The lowest BCUT2D eigenvalue weighted by atomic mass is 10.2. The van der Waals surface area contributed by atoms with Gasteiger partial charge in [-0.2, -0.15) is 0 Å². The molecule has 1 aliphatic carbocycles. The van der Waals surface area contributed by atoms with Crippen LogP contribution in [0.4, 0.5) is 0 Å². The van der Waals surface area contributed by atoms with Gasteiger partial charge in [0, 0.05) is 25.4 Å². The molecule has 0 bridgehead atoms. The fourth-order valence-corrected chi connectivity index (χ4v) is 2.01. The van der Waals surface area contributed by atoms with Gasteiger partial charge in [-0.05, 0) is 30.4 Å². The zero-order valence-corrected chi connectivity index (χ0v) is 11.1. The maximum atomic E-state index is 12.1. The molecule has 2 unspecified atom stereocenters. The first-order chi connectivity index (χ1) is 9.02. The largest absolute Gasteiger partial charge is 0.409 e. The van der Waals surface area contributed by atoms with Crippen LogP contribution in [0.3, 0.4) is 0 Å². The van der Waals surface area contributed by atoms with Crippen molar-refractivity contribution in [2.45, 2.75) is 13.3 Å². The predicted octanol–water partition coefficient (Wildman–Crippen LogP) is 0.904. The molecular weight excluding hydrogens is 244 g/mol. The van der Waals surface area contributed by atoms with E-state index in [2.05, 4.69) is 17.1 Å². The van der Waals surface area contributed by atoms with E-state index in [1.807, 2.05) is 0 Å². The molecule has 0 radical (unpaired) electrons. The summed E-state index contributed by atoms with van der Waals surface area (Å²) in [6.45, 7) is 2.96. The first kappa shape index (κ1) is 13.3. The topological polar surface area (TPSA) is 91.8 Å². The minimum Gasteiger partial charge on any atom is -0.409 e. The number of amides is 1. The second-order valence-electron chi connectivity index (χ2n) is 5.08. The van der Waals surface area contributed by atoms with Gasteiger partial charge < -0.3 is 15.8 Å². The molecule has 6 heteroatoms. The van der Waals surface area contributed by atoms with Crippen LogP contribution in [0.15, 0.2) is 23.5 Å². The molecule has 1 saturated carbocycles. The molecule has 1 aliphatic rings. The summed E-state index contributed by atoms with van der Waals surface area (Å²) >= 11 is 0. The van der Waals surface area contributed by atoms with Crippen molar-refractivity contribution in [3.8, 4) is 0 Å². The molecule has 0 spiro atoms. The number of nitrogens with zero attached hydrogens (tertiary/aromatic N) is 3. The van der Waals surface area contributed by atoms with E-state index in [9.17, 15) is 4.79 Å². The lowest BCUT2D eigenvalue weighted by Gasteiger charge is -2.16. The zero-order chi connectivity index (χ0) is 14.0. The van der Waals surface area contributed by atoms with E-state index in [-0.39, 0.29) is 11.7 Å². The molecule has 6 nitrogen and oxygen atoms in total. The lowest BCUT2D eigenvalue weighted by Crippen LogP contribution is -2.29. The highest BCUT2D eigenvalue weighted by Crippen LogP contribution is 2.38. The number of rotatable bonds is 4. The molecule has 1 heterocycles. The second kappa shape index (κ2) is 5.26. The van der Waals surface area contributed by atoms with Crippen LogP contribution < -0.4 is 5.73 Å². The predicted molar refractivity (Wildman–Crippen MR) is 71.0 cm³/mol. The Hall–Kier alpha value is -2.11. The molecular formula is C13H18N4O2. The summed E-state index contributed by atoms with van der Waals surface area (Å²) in [4.78, 5) is 17.9. The van der Waals surface area contributed by atoms with Crippen LogP contribution in [0.1, 0.15) is 29.4 Å². The van der Waals surface area contributed by atoms with Crippen LogP contribution in [-0.4, -0.2) is 40.4 Å². The Morgan fingerprint density at radius 3 is 2.79 bits per heavy atom. The highest BCUT2D eigenvalue weighted by molar-refractivity contribution is 5.98.